The average Bonchev–Trinajstić information content (AvgIpc) is 1.86. The first-order valence-corrected chi connectivity index (χ1v) is 3.17. The minimum absolute atomic E-state index is 0.0577. The number of carboxylic acid groups (broad SMARTS) is 1. The largest absolute Gasteiger partial charge is 0.478 e. The summed E-state index contributed by atoms with van der Waals surface area (Å²) in [4.78, 5) is 10.2. The molecule has 0 radical (unpaired) electrons. The van der Waals surface area contributed by atoms with E-state index in [0.29, 0.717) is 6.61 Å². The van der Waals surface area contributed by atoms with Crippen LogP contribution in [0.4, 0.5) is 0 Å². The van der Waals surface area contributed by atoms with E-state index < -0.39 is 5.97 Å². The molecule has 0 amide bonds. The molecule has 0 bridgehead atoms. The van der Waals surface area contributed by atoms with Crippen LogP contribution in [0.2, 0.25) is 0 Å². The first-order valence-electron chi connectivity index (χ1n) is 3.17. The van der Waals surface area contributed by atoms with Gasteiger partial charge in [-0.05, 0) is 6.92 Å². The number of aliphatic carboxylic acids is 1. The standard InChI is InChI=1S/C8H12O3/c1-6(2)4-11-5-7(3)8(9)10/h1,3-5H2,2H3,(H,9,10). The Bertz CT molecular complexity index is 182. The van der Waals surface area contributed by atoms with E-state index in [-0.39, 0.29) is 12.2 Å². The van der Waals surface area contributed by atoms with Gasteiger partial charge in [0.1, 0.15) is 0 Å². The van der Waals surface area contributed by atoms with Gasteiger partial charge < -0.3 is 9.84 Å². The predicted molar refractivity (Wildman–Crippen MR) is 42.4 cm³/mol. The number of hydrogen-bond donors (Lipinski definition) is 1. The van der Waals surface area contributed by atoms with Crippen molar-refractivity contribution in [2.45, 2.75) is 6.92 Å². The maximum atomic E-state index is 10.2. The lowest BCUT2D eigenvalue weighted by atomic mass is 10.3. The van der Waals surface area contributed by atoms with Gasteiger partial charge in [-0.25, -0.2) is 4.79 Å². The van der Waals surface area contributed by atoms with Gasteiger partial charge in [-0.15, -0.1) is 0 Å². The third-order valence-electron chi connectivity index (χ3n) is 0.927. The molecule has 0 aliphatic rings. The summed E-state index contributed by atoms with van der Waals surface area (Å²) in [7, 11) is 0. The molecule has 0 aromatic rings. The normalized spacial score (nSPS) is 9.18. The van der Waals surface area contributed by atoms with E-state index in [9.17, 15) is 4.79 Å². The van der Waals surface area contributed by atoms with Crippen LogP contribution in [0.25, 0.3) is 0 Å². The van der Waals surface area contributed by atoms with Crippen molar-refractivity contribution in [3.05, 3.63) is 24.3 Å². The van der Waals surface area contributed by atoms with Crippen molar-refractivity contribution in [3.63, 3.8) is 0 Å². The highest BCUT2D eigenvalue weighted by Gasteiger charge is 2.02. The Balaban J connectivity index is 3.47. The van der Waals surface area contributed by atoms with Crippen LogP contribution in [0.3, 0.4) is 0 Å². The summed E-state index contributed by atoms with van der Waals surface area (Å²) in [6.45, 7) is 9.14. The Morgan fingerprint density at radius 1 is 1.45 bits per heavy atom. The van der Waals surface area contributed by atoms with Gasteiger partial charge in [0.2, 0.25) is 0 Å². The monoisotopic (exact) mass is 156 g/mol. The molecule has 0 spiro atoms. The maximum Gasteiger partial charge on any atom is 0.333 e. The second-order valence-corrected chi connectivity index (χ2v) is 2.36. The molecule has 0 saturated carbocycles. The maximum absolute atomic E-state index is 10.2. The van der Waals surface area contributed by atoms with Crippen LogP contribution in [-0.2, 0) is 9.53 Å². The van der Waals surface area contributed by atoms with Crippen molar-refractivity contribution >= 4 is 5.97 Å². The van der Waals surface area contributed by atoms with Crippen LogP contribution in [0, 0.1) is 0 Å². The van der Waals surface area contributed by atoms with Crippen LogP contribution in [0.1, 0.15) is 6.92 Å². The van der Waals surface area contributed by atoms with E-state index in [1.54, 1.807) is 0 Å². The number of carboxylic acids is 1. The van der Waals surface area contributed by atoms with Gasteiger partial charge in [0.05, 0.1) is 18.8 Å². The SMILES string of the molecule is C=C(C)COCC(=C)C(=O)O. The van der Waals surface area contributed by atoms with Crippen LogP contribution in [0.15, 0.2) is 24.3 Å². The van der Waals surface area contributed by atoms with Gasteiger partial charge in [-0.2, -0.15) is 0 Å². The zero-order valence-electron chi connectivity index (χ0n) is 6.59. The summed E-state index contributed by atoms with van der Waals surface area (Å²) in [5.74, 6) is -1.02. The van der Waals surface area contributed by atoms with Gasteiger partial charge in [-0.1, -0.05) is 18.7 Å². The third-order valence-corrected chi connectivity index (χ3v) is 0.927. The van der Waals surface area contributed by atoms with Crippen molar-refractivity contribution in [1.82, 2.24) is 0 Å². The molecule has 62 valence electrons. The molecule has 0 aliphatic heterocycles. The molecule has 0 rings (SSSR count). The topological polar surface area (TPSA) is 46.5 Å². The van der Waals surface area contributed by atoms with Crippen LogP contribution in [-0.4, -0.2) is 24.3 Å². The molecule has 0 aromatic heterocycles. The molecular weight excluding hydrogens is 144 g/mol. The van der Waals surface area contributed by atoms with Crippen molar-refractivity contribution in [3.8, 4) is 0 Å². The highest BCUT2D eigenvalue weighted by Crippen LogP contribution is 1.94. The second-order valence-electron chi connectivity index (χ2n) is 2.36. The molecule has 3 nitrogen and oxygen atoms in total. The zero-order chi connectivity index (χ0) is 8.85. The minimum atomic E-state index is -1.02. The Kier molecular flexibility index (Phi) is 4.22. The van der Waals surface area contributed by atoms with E-state index in [2.05, 4.69) is 13.2 Å². The minimum Gasteiger partial charge on any atom is -0.478 e. The molecule has 0 fully saturated rings. The predicted octanol–water partition coefficient (Wildman–Crippen LogP) is 1.22. The molecule has 11 heavy (non-hydrogen) atoms. The lowest BCUT2D eigenvalue weighted by molar-refractivity contribution is -0.133. The van der Waals surface area contributed by atoms with Crippen LogP contribution in [0.5, 0.6) is 0 Å². The summed E-state index contributed by atoms with van der Waals surface area (Å²) in [5.41, 5.74) is 0.925. The molecule has 3 heteroatoms. The lowest BCUT2D eigenvalue weighted by Gasteiger charge is -2.01. The summed E-state index contributed by atoms with van der Waals surface area (Å²) < 4.78 is 4.94. The summed E-state index contributed by atoms with van der Waals surface area (Å²) >= 11 is 0. The molecule has 0 atom stereocenters. The van der Waals surface area contributed by atoms with Gasteiger partial charge in [0.25, 0.3) is 0 Å². The Hall–Kier alpha value is -1.09. The number of ether oxygens (including phenoxy) is 1. The van der Waals surface area contributed by atoms with E-state index >= 15 is 0 Å². The van der Waals surface area contributed by atoms with Gasteiger partial charge in [0.15, 0.2) is 0 Å². The lowest BCUT2D eigenvalue weighted by Crippen LogP contribution is -2.07. The highest BCUT2D eigenvalue weighted by atomic mass is 16.5. The highest BCUT2D eigenvalue weighted by molar-refractivity contribution is 5.85. The smallest absolute Gasteiger partial charge is 0.333 e. The van der Waals surface area contributed by atoms with Crippen molar-refractivity contribution in [2.75, 3.05) is 13.2 Å². The molecule has 0 aliphatic carbocycles. The molecule has 0 aromatic carbocycles. The Morgan fingerprint density at radius 3 is 2.36 bits per heavy atom. The fourth-order valence-corrected chi connectivity index (χ4v) is 0.410. The number of hydrogen-bond acceptors (Lipinski definition) is 2. The fraction of sp³-hybridized carbons (Fsp3) is 0.375. The third kappa shape index (κ3) is 5.36. The van der Waals surface area contributed by atoms with Crippen molar-refractivity contribution < 1.29 is 14.6 Å². The quantitative estimate of drug-likeness (QED) is 0.481. The van der Waals surface area contributed by atoms with Crippen LogP contribution >= 0.6 is 0 Å². The summed E-state index contributed by atoms with van der Waals surface area (Å²) in [5, 5.41) is 8.35. The molecule has 0 saturated heterocycles. The molecule has 0 unspecified atom stereocenters. The van der Waals surface area contributed by atoms with Crippen molar-refractivity contribution in [2.24, 2.45) is 0 Å². The molecule has 1 N–H and O–H groups in total. The van der Waals surface area contributed by atoms with E-state index in [0.717, 1.165) is 5.57 Å². The number of rotatable bonds is 5. The first kappa shape index (κ1) is 9.91. The van der Waals surface area contributed by atoms with E-state index in [1.165, 1.54) is 0 Å². The summed E-state index contributed by atoms with van der Waals surface area (Å²) in [6, 6.07) is 0. The Labute approximate surface area is 66.0 Å². The Morgan fingerprint density at radius 2 is 2.00 bits per heavy atom. The average molecular weight is 156 g/mol. The molecule has 0 heterocycles. The van der Waals surface area contributed by atoms with Gasteiger partial charge >= 0.3 is 5.97 Å². The van der Waals surface area contributed by atoms with Gasteiger partial charge in [-0.3, -0.25) is 0 Å². The summed E-state index contributed by atoms with van der Waals surface area (Å²) in [6.07, 6.45) is 0. The zero-order valence-corrected chi connectivity index (χ0v) is 6.59. The second kappa shape index (κ2) is 4.68. The number of carbonyl (C=O) groups is 1. The van der Waals surface area contributed by atoms with Crippen molar-refractivity contribution in [1.29, 1.82) is 0 Å². The first-order chi connectivity index (χ1) is 5.04. The van der Waals surface area contributed by atoms with Crippen LogP contribution < -0.4 is 0 Å². The van der Waals surface area contributed by atoms with Gasteiger partial charge in [0, 0.05) is 0 Å². The molecular formula is C8H12O3. The fourth-order valence-electron chi connectivity index (χ4n) is 0.410. The van der Waals surface area contributed by atoms with E-state index in [1.807, 2.05) is 6.92 Å². The van der Waals surface area contributed by atoms with E-state index in [4.69, 9.17) is 9.84 Å².